The van der Waals surface area contributed by atoms with E-state index in [2.05, 4.69) is 4.74 Å². The summed E-state index contributed by atoms with van der Waals surface area (Å²) in [6.45, 7) is 1.81. The van der Waals surface area contributed by atoms with Gasteiger partial charge in [0.25, 0.3) is 0 Å². The van der Waals surface area contributed by atoms with E-state index >= 15 is 0 Å². The molecule has 0 amide bonds. The maximum atomic E-state index is 11.0. The maximum absolute atomic E-state index is 11.0. The molecule has 0 aromatic rings. The zero-order valence-electron chi connectivity index (χ0n) is 10.4. The average Bonchev–Trinajstić information content (AvgIpc) is 2.25. The van der Waals surface area contributed by atoms with Crippen molar-refractivity contribution in [2.24, 2.45) is 5.73 Å². The van der Waals surface area contributed by atoms with Gasteiger partial charge in [-0.15, -0.1) is 0 Å². The molecule has 0 saturated heterocycles. The number of ether oxygens (including phenoxy) is 1. The predicted molar refractivity (Wildman–Crippen MR) is 64.0 cm³/mol. The lowest BCUT2D eigenvalue weighted by atomic mass is 10.1. The number of methoxy groups -OCH3 is 1. The Morgan fingerprint density at radius 2 is 1.69 bits per heavy atom. The van der Waals surface area contributed by atoms with Crippen LogP contribution in [0.5, 0.6) is 0 Å². The molecule has 0 fully saturated rings. The van der Waals surface area contributed by atoms with E-state index < -0.39 is 6.04 Å². The molecule has 0 aromatic heterocycles. The molecular formula is C12H25NO3. The summed E-state index contributed by atoms with van der Waals surface area (Å²) in [5, 5.41) is 9.05. The van der Waals surface area contributed by atoms with Crippen molar-refractivity contribution in [3.05, 3.63) is 0 Å². The zero-order chi connectivity index (χ0) is 12.4. The highest BCUT2D eigenvalue weighted by atomic mass is 16.5. The first-order valence-corrected chi connectivity index (χ1v) is 6.09. The minimum atomic E-state index is -0.470. The van der Waals surface area contributed by atoms with Gasteiger partial charge in [-0.2, -0.15) is 0 Å². The third-order valence-electron chi connectivity index (χ3n) is 2.64. The number of aliphatic hydroxyl groups is 1. The van der Waals surface area contributed by atoms with Crippen molar-refractivity contribution >= 4 is 5.97 Å². The van der Waals surface area contributed by atoms with Crippen LogP contribution in [0.25, 0.3) is 0 Å². The number of nitrogens with two attached hydrogens (primary N) is 1. The van der Waals surface area contributed by atoms with Gasteiger partial charge >= 0.3 is 5.97 Å². The van der Waals surface area contributed by atoms with Gasteiger partial charge < -0.3 is 15.6 Å². The number of carbonyl (C=O) groups is 1. The number of rotatable bonds is 9. The van der Waals surface area contributed by atoms with E-state index in [1.165, 1.54) is 7.11 Å². The number of hydrogen-bond acceptors (Lipinski definition) is 4. The lowest BCUT2D eigenvalue weighted by Gasteiger charge is -2.08. The Balaban J connectivity index is 3.24. The van der Waals surface area contributed by atoms with Crippen LogP contribution in [-0.2, 0) is 9.53 Å². The van der Waals surface area contributed by atoms with Crippen LogP contribution < -0.4 is 5.73 Å². The van der Waals surface area contributed by atoms with E-state index in [4.69, 9.17) is 10.8 Å². The Morgan fingerprint density at radius 3 is 2.19 bits per heavy atom. The van der Waals surface area contributed by atoms with Crippen LogP contribution in [0, 0.1) is 0 Å². The van der Waals surface area contributed by atoms with Crippen LogP contribution in [0.2, 0.25) is 0 Å². The molecule has 0 heterocycles. The maximum Gasteiger partial charge on any atom is 0.322 e. The van der Waals surface area contributed by atoms with Crippen molar-refractivity contribution < 1.29 is 14.6 Å². The van der Waals surface area contributed by atoms with Crippen LogP contribution in [0.4, 0.5) is 0 Å². The number of aliphatic hydroxyl groups excluding tert-OH is 1. The molecular weight excluding hydrogens is 206 g/mol. The van der Waals surface area contributed by atoms with Gasteiger partial charge in [-0.1, -0.05) is 32.1 Å². The Labute approximate surface area is 98.2 Å². The number of hydrogen-bond donors (Lipinski definition) is 2. The molecule has 0 aliphatic rings. The lowest BCUT2D eigenvalue weighted by Crippen LogP contribution is -2.31. The largest absolute Gasteiger partial charge is 0.468 e. The van der Waals surface area contributed by atoms with Crippen molar-refractivity contribution in [3.63, 3.8) is 0 Å². The molecule has 0 aromatic carbocycles. The van der Waals surface area contributed by atoms with Gasteiger partial charge in [-0.3, -0.25) is 4.79 Å². The first-order valence-electron chi connectivity index (χ1n) is 6.09. The fraction of sp³-hybridized carbons (Fsp3) is 0.917. The van der Waals surface area contributed by atoms with Crippen LogP contribution >= 0.6 is 0 Å². The topological polar surface area (TPSA) is 72.5 Å². The van der Waals surface area contributed by atoms with E-state index in [0.717, 1.165) is 38.5 Å². The van der Waals surface area contributed by atoms with Crippen molar-refractivity contribution in [1.82, 2.24) is 0 Å². The molecule has 0 radical (unpaired) electrons. The molecule has 16 heavy (non-hydrogen) atoms. The Morgan fingerprint density at radius 1 is 1.19 bits per heavy atom. The summed E-state index contributed by atoms with van der Waals surface area (Å²) in [6, 6.07) is -0.470. The highest BCUT2D eigenvalue weighted by Gasteiger charge is 2.12. The molecule has 0 rings (SSSR count). The Bertz CT molecular complexity index is 183. The summed E-state index contributed by atoms with van der Waals surface area (Å²) in [4.78, 5) is 11.0. The summed E-state index contributed by atoms with van der Waals surface area (Å²) in [5.41, 5.74) is 5.60. The Hall–Kier alpha value is -0.610. The fourth-order valence-corrected chi connectivity index (χ4v) is 1.60. The van der Waals surface area contributed by atoms with Crippen LogP contribution in [-0.4, -0.2) is 30.3 Å². The molecule has 0 aliphatic carbocycles. The minimum absolute atomic E-state index is 0.187. The van der Waals surface area contributed by atoms with Crippen LogP contribution in [0.15, 0.2) is 0 Å². The smallest absolute Gasteiger partial charge is 0.322 e. The number of carbonyl (C=O) groups excluding carboxylic acids is 1. The predicted octanol–water partition coefficient (Wildman–Crippen LogP) is 1.60. The highest BCUT2D eigenvalue weighted by Crippen LogP contribution is 2.09. The standard InChI is InChI=1S/C12H25NO3/c1-10(14)8-6-4-3-5-7-9-11(13)12(15)16-2/h10-11,14H,3-9,13H2,1-2H3. The Kier molecular flexibility index (Phi) is 9.24. The molecule has 0 saturated carbocycles. The molecule has 2 atom stereocenters. The SMILES string of the molecule is COC(=O)C(N)CCCCCCCC(C)O. The number of esters is 1. The second-order valence-corrected chi connectivity index (χ2v) is 4.32. The molecule has 0 aliphatic heterocycles. The van der Waals surface area contributed by atoms with E-state index in [-0.39, 0.29) is 12.1 Å². The van der Waals surface area contributed by atoms with Gasteiger partial charge in [0.2, 0.25) is 0 Å². The highest BCUT2D eigenvalue weighted by molar-refractivity contribution is 5.75. The third kappa shape index (κ3) is 8.68. The molecule has 0 spiro atoms. The molecule has 96 valence electrons. The summed E-state index contributed by atoms with van der Waals surface area (Å²) >= 11 is 0. The van der Waals surface area contributed by atoms with Crippen LogP contribution in [0.3, 0.4) is 0 Å². The first kappa shape index (κ1) is 15.4. The quantitative estimate of drug-likeness (QED) is 0.467. The second kappa shape index (κ2) is 9.60. The third-order valence-corrected chi connectivity index (χ3v) is 2.64. The molecule has 0 bridgehead atoms. The van der Waals surface area contributed by atoms with Crippen LogP contribution in [0.1, 0.15) is 51.9 Å². The summed E-state index contributed by atoms with van der Waals surface area (Å²) in [5.74, 6) is -0.325. The minimum Gasteiger partial charge on any atom is -0.468 e. The van der Waals surface area contributed by atoms with E-state index in [1.807, 2.05) is 6.92 Å². The van der Waals surface area contributed by atoms with Gasteiger partial charge in [0.05, 0.1) is 13.2 Å². The monoisotopic (exact) mass is 231 g/mol. The number of unbranched alkanes of at least 4 members (excludes halogenated alkanes) is 4. The summed E-state index contributed by atoms with van der Waals surface area (Å²) in [7, 11) is 1.36. The van der Waals surface area contributed by atoms with Crippen molar-refractivity contribution in [2.45, 2.75) is 64.0 Å². The zero-order valence-corrected chi connectivity index (χ0v) is 10.4. The van der Waals surface area contributed by atoms with Gasteiger partial charge in [0.15, 0.2) is 0 Å². The van der Waals surface area contributed by atoms with Crippen molar-refractivity contribution in [1.29, 1.82) is 0 Å². The first-order chi connectivity index (χ1) is 7.57. The van der Waals surface area contributed by atoms with E-state index in [0.29, 0.717) is 6.42 Å². The molecule has 4 nitrogen and oxygen atoms in total. The molecule has 4 heteroatoms. The normalized spacial score (nSPS) is 14.5. The summed E-state index contributed by atoms with van der Waals surface area (Å²) in [6.07, 6.45) is 6.78. The van der Waals surface area contributed by atoms with E-state index in [9.17, 15) is 4.79 Å². The van der Waals surface area contributed by atoms with Gasteiger partial charge in [-0.05, 0) is 19.8 Å². The second-order valence-electron chi connectivity index (χ2n) is 4.32. The van der Waals surface area contributed by atoms with E-state index in [1.54, 1.807) is 0 Å². The van der Waals surface area contributed by atoms with Gasteiger partial charge in [0.1, 0.15) is 6.04 Å². The lowest BCUT2D eigenvalue weighted by molar-refractivity contribution is -0.142. The van der Waals surface area contributed by atoms with Crippen molar-refractivity contribution in [3.8, 4) is 0 Å². The summed E-state index contributed by atoms with van der Waals surface area (Å²) < 4.78 is 4.54. The van der Waals surface area contributed by atoms with Gasteiger partial charge in [0, 0.05) is 0 Å². The van der Waals surface area contributed by atoms with Gasteiger partial charge in [-0.25, -0.2) is 0 Å². The molecule has 2 unspecified atom stereocenters. The molecule has 3 N–H and O–H groups in total. The average molecular weight is 231 g/mol. The fourth-order valence-electron chi connectivity index (χ4n) is 1.60. The van der Waals surface area contributed by atoms with Crippen molar-refractivity contribution in [2.75, 3.05) is 7.11 Å².